The number of carbonyl (C=O) groups excluding carboxylic acids is 1. The van der Waals surface area contributed by atoms with Crippen LogP contribution in [0.25, 0.3) is 11.1 Å². The van der Waals surface area contributed by atoms with Crippen LogP contribution in [-0.2, 0) is 4.79 Å². The van der Waals surface area contributed by atoms with Gasteiger partial charge in [0.05, 0.1) is 18.8 Å². The lowest BCUT2D eigenvalue weighted by atomic mass is 10.0. The number of rotatable bonds is 4. The predicted octanol–water partition coefficient (Wildman–Crippen LogP) is 4.92. The summed E-state index contributed by atoms with van der Waals surface area (Å²) >= 11 is 0. The maximum absolute atomic E-state index is 13.0. The standard InChI is InChI=1S/C23H28N2O2/c1-16-13-19(18-9-5-10-20(14-18)27-2)15-21(24-16)22-11-6-12-25(22)23(26)17-7-3-4-8-17/h5,9-10,13-15,17,22H,3-4,6-8,11-12H2,1-2H3/t22-/m1/s1. The molecule has 4 rings (SSSR count). The van der Waals surface area contributed by atoms with E-state index in [9.17, 15) is 4.79 Å². The van der Waals surface area contributed by atoms with Crippen LogP contribution in [0.1, 0.15) is 56.0 Å². The van der Waals surface area contributed by atoms with Gasteiger partial charge in [-0.25, -0.2) is 0 Å². The second-order valence-corrected chi connectivity index (χ2v) is 7.83. The van der Waals surface area contributed by atoms with E-state index in [0.29, 0.717) is 5.91 Å². The lowest BCUT2D eigenvalue weighted by Crippen LogP contribution is -2.35. The zero-order valence-corrected chi connectivity index (χ0v) is 16.3. The smallest absolute Gasteiger partial charge is 0.226 e. The summed E-state index contributed by atoms with van der Waals surface area (Å²) in [5, 5.41) is 0. The molecule has 0 N–H and O–H groups in total. The monoisotopic (exact) mass is 364 g/mol. The highest BCUT2D eigenvalue weighted by atomic mass is 16.5. The summed E-state index contributed by atoms with van der Waals surface area (Å²) in [6.45, 7) is 2.90. The fraction of sp³-hybridized carbons (Fsp3) is 0.478. The number of benzene rings is 1. The lowest BCUT2D eigenvalue weighted by Gasteiger charge is -2.27. The van der Waals surface area contributed by atoms with Crippen LogP contribution in [0.15, 0.2) is 36.4 Å². The number of likely N-dealkylation sites (tertiary alicyclic amines) is 1. The highest BCUT2D eigenvalue weighted by Gasteiger charge is 2.35. The summed E-state index contributed by atoms with van der Waals surface area (Å²) < 4.78 is 5.37. The van der Waals surface area contributed by atoms with E-state index in [0.717, 1.165) is 60.5 Å². The van der Waals surface area contributed by atoms with Crippen molar-refractivity contribution in [3.63, 3.8) is 0 Å². The molecule has 1 aromatic carbocycles. The van der Waals surface area contributed by atoms with Gasteiger partial charge in [0.1, 0.15) is 5.75 Å². The highest BCUT2D eigenvalue weighted by molar-refractivity contribution is 5.80. The van der Waals surface area contributed by atoms with Crippen LogP contribution in [0.3, 0.4) is 0 Å². The molecule has 1 amide bonds. The average molecular weight is 364 g/mol. The zero-order valence-electron chi connectivity index (χ0n) is 16.3. The van der Waals surface area contributed by atoms with Crippen molar-refractivity contribution in [1.29, 1.82) is 0 Å². The molecular formula is C23H28N2O2. The van der Waals surface area contributed by atoms with E-state index >= 15 is 0 Å². The molecule has 0 radical (unpaired) electrons. The first-order chi connectivity index (χ1) is 13.2. The van der Waals surface area contributed by atoms with Gasteiger partial charge in [-0.15, -0.1) is 0 Å². The lowest BCUT2D eigenvalue weighted by molar-refractivity contribution is -0.136. The minimum Gasteiger partial charge on any atom is -0.497 e. The van der Waals surface area contributed by atoms with Crippen molar-refractivity contribution in [1.82, 2.24) is 9.88 Å². The van der Waals surface area contributed by atoms with Crippen molar-refractivity contribution in [2.45, 2.75) is 51.5 Å². The molecule has 1 saturated carbocycles. The molecule has 4 nitrogen and oxygen atoms in total. The number of ether oxygens (including phenoxy) is 1. The molecule has 2 fully saturated rings. The maximum Gasteiger partial charge on any atom is 0.226 e. The summed E-state index contributed by atoms with van der Waals surface area (Å²) in [6, 6.07) is 12.5. The third-order valence-electron chi connectivity index (χ3n) is 5.96. The summed E-state index contributed by atoms with van der Waals surface area (Å²) in [7, 11) is 1.69. The van der Waals surface area contributed by atoms with E-state index < -0.39 is 0 Å². The summed E-state index contributed by atoms with van der Waals surface area (Å²) in [6.07, 6.45) is 6.56. The van der Waals surface area contributed by atoms with E-state index in [-0.39, 0.29) is 12.0 Å². The zero-order chi connectivity index (χ0) is 18.8. The number of hydrogen-bond donors (Lipinski definition) is 0. The fourth-order valence-electron chi connectivity index (χ4n) is 4.58. The molecule has 27 heavy (non-hydrogen) atoms. The molecule has 142 valence electrons. The number of aryl methyl sites for hydroxylation is 1. The molecule has 0 spiro atoms. The first kappa shape index (κ1) is 18.0. The SMILES string of the molecule is COc1cccc(-c2cc(C)nc([C@H]3CCCN3C(=O)C3CCCC3)c2)c1. The Morgan fingerprint density at radius 2 is 1.89 bits per heavy atom. The summed E-state index contributed by atoms with van der Waals surface area (Å²) in [5.41, 5.74) is 4.27. The van der Waals surface area contributed by atoms with E-state index in [4.69, 9.17) is 9.72 Å². The van der Waals surface area contributed by atoms with Crippen molar-refractivity contribution in [2.24, 2.45) is 5.92 Å². The third kappa shape index (κ3) is 3.71. The Morgan fingerprint density at radius 3 is 2.67 bits per heavy atom. The number of nitrogens with zero attached hydrogens (tertiary/aromatic N) is 2. The van der Waals surface area contributed by atoms with Gasteiger partial charge in [-0.1, -0.05) is 25.0 Å². The van der Waals surface area contributed by atoms with Crippen LogP contribution in [0, 0.1) is 12.8 Å². The number of amides is 1. The Balaban J connectivity index is 1.64. The third-order valence-corrected chi connectivity index (χ3v) is 5.96. The van der Waals surface area contributed by atoms with Crippen molar-refractivity contribution >= 4 is 5.91 Å². The van der Waals surface area contributed by atoms with E-state index in [1.165, 1.54) is 12.8 Å². The first-order valence-electron chi connectivity index (χ1n) is 10.1. The molecule has 0 bridgehead atoms. The van der Waals surface area contributed by atoms with Gasteiger partial charge in [0.2, 0.25) is 5.91 Å². The van der Waals surface area contributed by atoms with Crippen molar-refractivity contribution in [3.05, 3.63) is 47.8 Å². The normalized spacial score (nSPS) is 20.2. The van der Waals surface area contributed by atoms with Crippen LogP contribution in [-0.4, -0.2) is 29.4 Å². The second-order valence-electron chi connectivity index (χ2n) is 7.83. The van der Waals surface area contributed by atoms with Gasteiger partial charge in [0.15, 0.2) is 0 Å². The summed E-state index contributed by atoms with van der Waals surface area (Å²) in [5.74, 6) is 1.43. The molecule has 4 heteroatoms. The quantitative estimate of drug-likeness (QED) is 0.773. The Bertz CT molecular complexity index is 827. The Hall–Kier alpha value is -2.36. The summed E-state index contributed by atoms with van der Waals surface area (Å²) in [4.78, 5) is 20.0. The first-order valence-corrected chi connectivity index (χ1v) is 10.1. The number of carbonyl (C=O) groups is 1. The largest absolute Gasteiger partial charge is 0.497 e. The van der Waals surface area contributed by atoms with Crippen LogP contribution in [0.5, 0.6) is 5.75 Å². The molecule has 1 aliphatic carbocycles. The van der Waals surface area contributed by atoms with Crippen LogP contribution >= 0.6 is 0 Å². The topological polar surface area (TPSA) is 42.4 Å². The molecule has 2 aromatic rings. The molecule has 1 aliphatic heterocycles. The molecular weight excluding hydrogens is 336 g/mol. The molecule has 0 unspecified atom stereocenters. The fourth-order valence-corrected chi connectivity index (χ4v) is 4.58. The van der Waals surface area contributed by atoms with Crippen molar-refractivity contribution < 1.29 is 9.53 Å². The maximum atomic E-state index is 13.0. The van der Waals surface area contributed by atoms with Crippen molar-refractivity contribution in [2.75, 3.05) is 13.7 Å². The average Bonchev–Trinajstić information content (AvgIpc) is 3.39. The number of aromatic nitrogens is 1. The van der Waals surface area contributed by atoms with Gasteiger partial charge in [-0.3, -0.25) is 9.78 Å². The van der Waals surface area contributed by atoms with E-state index in [2.05, 4.69) is 29.2 Å². The molecule has 1 atom stereocenters. The van der Waals surface area contributed by atoms with E-state index in [1.54, 1.807) is 7.11 Å². The second kappa shape index (κ2) is 7.71. The molecule has 1 aromatic heterocycles. The van der Waals surface area contributed by atoms with Gasteiger partial charge in [0, 0.05) is 18.2 Å². The number of pyridine rings is 1. The molecule has 2 heterocycles. The van der Waals surface area contributed by atoms with E-state index in [1.807, 2.05) is 19.1 Å². The van der Waals surface area contributed by atoms with Crippen LogP contribution < -0.4 is 4.74 Å². The molecule has 2 aliphatic rings. The number of hydrogen-bond acceptors (Lipinski definition) is 3. The predicted molar refractivity (Wildman–Crippen MR) is 107 cm³/mol. The van der Waals surface area contributed by atoms with Gasteiger partial charge in [-0.2, -0.15) is 0 Å². The Kier molecular flexibility index (Phi) is 5.15. The minimum atomic E-state index is 0.113. The minimum absolute atomic E-state index is 0.113. The van der Waals surface area contributed by atoms with Crippen LogP contribution in [0.4, 0.5) is 0 Å². The Labute approximate surface area is 161 Å². The molecule has 1 saturated heterocycles. The van der Waals surface area contributed by atoms with Gasteiger partial charge in [-0.05, 0) is 68.0 Å². The van der Waals surface area contributed by atoms with Gasteiger partial charge >= 0.3 is 0 Å². The Morgan fingerprint density at radius 1 is 1.07 bits per heavy atom. The number of methoxy groups -OCH3 is 1. The van der Waals surface area contributed by atoms with Gasteiger partial charge in [0.25, 0.3) is 0 Å². The van der Waals surface area contributed by atoms with Gasteiger partial charge < -0.3 is 9.64 Å². The highest BCUT2D eigenvalue weighted by Crippen LogP contribution is 2.37. The van der Waals surface area contributed by atoms with Crippen LogP contribution in [0.2, 0.25) is 0 Å². The van der Waals surface area contributed by atoms with Crippen molar-refractivity contribution in [3.8, 4) is 16.9 Å².